The molecule has 0 spiro atoms. The molecule has 0 saturated carbocycles. The van der Waals surface area contributed by atoms with Crippen LogP contribution in [-0.4, -0.2) is 11.6 Å². The Kier molecular flexibility index (Phi) is 50.5. The molecule has 0 bridgehead atoms. The standard InChI is InChI=1S/C60H118O2/c1-6-9-12-15-18-21-24-27-30-32-34-36-39-42-45-48-51-54-57-60(62-59(61)58(4)5,55-52-49-46-43-40-37-29-26-23-20-17-14-11-8-3)56-53-50-47-44-41-38-35-33-31-28-25-22-19-16-13-10-7-2/h4,6-57H2,1-3,5H3. The molecule has 0 radical (unpaired) electrons. The van der Waals surface area contributed by atoms with E-state index >= 15 is 0 Å². The first-order chi connectivity index (χ1) is 30.5. The Morgan fingerprint density at radius 2 is 0.435 bits per heavy atom. The van der Waals surface area contributed by atoms with Crippen molar-refractivity contribution in [1.82, 2.24) is 0 Å². The van der Waals surface area contributed by atoms with Gasteiger partial charge in [-0.25, -0.2) is 4.79 Å². The van der Waals surface area contributed by atoms with Gasteiger partial charge in [-0.05, 0) is 45.4 Å². The van der Waals surface area contributed by atoms with E-state index in [0.29, 0.717) is 5.57 Å². The average Bonchev–Trinajstić information content (AvgIpc) is 3.27. The molecule has 2 heteroatoms. The topological polar surface area (TPSA) is 26.3 Å². The van der Waals surface area contributed by atoms with E-state index in [1.54, 1.807) is 0 Å². The molecule has 2 nitrogen and oxygen atoms in total. The highest BCUT2D eigenvalue weighted by molar-refractivity contribution is 5.87. The number of unbranched alkanes of at least 4 members (excludes halogenated alkanes) is 46. The Morgan fingerprint density at radius 3 is 0.581 bits per heavy atom. The molecule has 0 aliphatic heterocycles. The molecule has 0 fully saturated rings. The van der Waals surface area contributed by atoms with Gasteiger partial charge in [0.1, 0.15) is 5.60 Å². The number of hydrogen-bond donors (Lipinski definition) is 0. The average molecular weight is 872 g/mol. The Labute approximate surface area is 393 Å². The van der Waals surface area contributed by atoms with Crippen molar-refractivity contribution in [3.8, 4) is 0 Å². The van der Waals surface area contributed by atoms with Gasteiger partial charge in [0.2, 0.25) is 0 Å². The molecule has 0 aliphatic carbocycles. The summed E-state index contributed by atoms with van der Waals surface area (Å²) in [6, 6.07) is 0. The highest BCUT2D eigenvalue weighted by Crippen LogP contribution is 2.34. The Morgan fingerprint density at radius 1 is 0.290 bits per heavy atom. The molecule has 1 atom stereocenters. The van der Waals surface area contributed by atoms with Crippen LogP contribution in [0.4, 0.5) is 0 Å². The first kappa shape index (κ1) is 61.2. The van der Waals surface area contributed by atoms with E-state index in [1.165, 1.54) is 315 Å². The summed E-state index contributed by atoms with van der Waals surface area (Å²) in [6.07, 6.45) is 71.5. The van der Waals surface area contributed by atoms with Gasteiger partial charge in [0.05, 0.1) is 0 Å². The first-order valence-electron chi connectivity index (χ1n) is 29.4. The molecular weight excluding hydrogens is 753 g/mol. The van der Waals surface area contributed by atoms with Crippen LogP contribution < -0.4 is 0 Å². The maximum Gasteiger partial charge on any atom is 0.333 e. The molecule has 62 heavy (non-hydrogen) atoms. The van der Waals surface area contributed by atoms with Crippen LogP contribution in [0.2, 0.25) is 0 Å². The minimum absolute atomic E-state index is 0.148. The second-order valence-corrected chi connectivity index (χ2v) is 20.9. The van der Waals surface area contributed by atoms with E-state index < -0.39 is 0 Å². The molecule has 370 valence electrons. The van der Waals surface area contributed by atoms with Gasteiger partial charge in [-0.2, -0.15) is 0 Å². The predicted octanol–water partition coefficient (Wildman–Crippen LogP) is 22.2. The molecule has 0 aromatic rings. The Hall–Kier alpha value is -0.790. The van der Waals surface area contributed by atoms with Gasteiger partial charge < -0.3 is 4.74 Å². The van der Waals surface area contributed by atoms with E-state index in [4.69, 9.17) is 4.74 Å². The van der Waals surface area contributed by atoms with Gasteiger partial charge in [0.25, 0.3) is 0 Å². The van der Waals surface area contributed by atoms with Crippen LogP contribution in [0.1, 0.15) is 362 Å². The van der Waals surface area contributed by atoms with Crippen molar-refractivity contribution in [2.75, 3.05) is 0 Å². The summed E-state index contributed by atoms with van der Waals surface area (Å²) in [6.45, 7) is 12.8. The number of hydrogen-bond acceptors (Lipinski definition) is 2. The fourth-order valence-corrected chi connectivity index (χ4v) is 9.97. The molecule has 1 unspecified atom stereocenters. The van der Waals surface area contributed by atoms with E-state index in [2.05, 4.69) is 27.4 Å². The molecular formula is C60H118O2. The third kappa shape index (κ3) is 45.8. The zero-order valence-electron chi connectivity index (χ0n) is 43.8. The molecule has 0 aromatic heterocycles. The number of carbonyl (C=O) groups excluding carboxylic acids is 1. The second-order valence-electron chi connectivity index (χ2n) is 20.9. The third-order valence-corrected chi connectivity index (χ3v) is 14.4. The maximum absolute atomic E-state index is 13.2. The Bertz CT molecular complexity index is 878. The van der Waals surface area contributed by atoms with Crippen molar-refractivity contribution < 1.29 is 9.53 Å². The van der Waals surface area contributed by atoms with Crippen molar-refractivity contribution in [1.29, 1.82) is 0 Å². The van der Waals surface area contributed by atoms with Crippen molar-refractivity contribution in [3.63, 3.8) is 0 Å². The van der Waals surface area contributed by atoms with Crippen molar-refractivity contribution >= 4 is 5.97 Å². The molecule has 0 aliphatic rings. The van der Waals surface area contributed by atoms with E-state index in [9.17, 15) is 4.79 Å². The zero-order chi connectivity index (χ0) is 45.1. The summed E-state index contributed by atoms with van der Waals surface area (Å²) >= 11 is 0. The molecule has 0 N–H and O–H groups in total. The van der Waals surface area contributed by atoms with Crippen molar-refractivity contribution in [2.45, 2.75) is 367 Å². The highest BCUT2D eigenvalue weighted by Gasteiger charge is 2.33. The van der Waals surface area contributed by atoms with Gasteiger partial charge in [0, 0.05) is 5.57 Å². The second kappa shape index (κ2) is 51.2. The molecule has 0 aromatic carbocycles. The van der Waals surface area contributed by atoms with Gasteiger partial charge in [-0.15, -0.1) is 0 Å². The third-order valence-electron chi connectivity index (χ3n) is 14.4. The fraction of sp³-hybridized carbons (Fsp3) is 0.950. The lowest BCUT2D eigenvalue weighted by Crippen LogP contribution is -2.35. The molecule has 0 saturated heterocycles. The number of ether oxygens (including phenoxy) is 1. The first-order valence-corrected chi connectivity index (χ1v) is 29.4. The van der Waals surface area contributed by atoms with Crippen LogP contribution in [0.3, 0.4) is 0 Å². The van der Waals surface area contributed by atoms with Gasteiger partial charge in [-0.3, -0.25) is 0 Å². The van der Waals surface area contributed by atoms with E-state index in [0.717, 1.165) is 19.3 Å². The van der Waals surface area contributed by atoms with Crippen LogP contribution in [-0.2, 0) is 9.53 Å². The SMILES string of the molecule is C=C(C)C(=O)OC(CCCCCCCCCCCCCCCC)(CCCCCCCCCCCCCCCCCCC)CCCCCCCCCCCCCCCCCCCC. The van der Waals surface area contributed by atoms with Gasteiger partial charge >= 0.3 is 5.97 Å². The summed E-state index contributed by atoms with van der Waals surface area (Å²) in [5.74, 6) is -0.148. The monoisotopic (exact) mass is 871 g/mol. The van der Waals surface area contributed by atoms with Crippen LogP contribution in [0, 0.1) is 0 Å². The zero-order valence-corrected chi connectivity index (χ0v) is 43.8. The predicted molar refractivity (Wildman–Crippen MR) is 281 cm³/mol. The highest BCUT2D eigenvalue weighted by atomic mass is 16.6. The number of rotatable bonds is 54. The lowest BCUT2D eigenvalue weighted by molar-refractivity contribution is -0.158. The van der Waals surface area contributed by atoms with Crippen LogP contribution in [0.15, 0.2) is 12.2 Å². The summed E-state index contributed by atoms with van der Waals surface area (Å²) in [4.78, 5) is 13.2. The van der Waals surface area contributed by atoms with Crippen LogP contribution >= 0.6 is 0 Å². The summed E-state index contributed by atoms with van der Waals surface area (Å²) in [5.41, 5.74) is 0.271. The van der Waals surface area contributed by atoms with Crippen molar-refractivity contribution in [3.05, 3.63) is 12.2 Å². The Balaban J connectivity index is 4.60. The minimum atomic E-state index is -0.294. The van der Waals surface area contributed by atoms with E-state index in [-0.39, 0.29) is 11.6 Å². The lowest BCUT2D eigenvalue weighted by atomic mass is 9.84. The van der Waals surface area contributed by atoms with E-state index in [1.807, 2.05) is 6.92 Å². The molecule has 0 rings (SSSR count). The van der Waals surface area contributed by atoms with Crippen LogP contribution in [0.5, 0.6) is 0 Å². The lowest BCUT2D eigenvalue weighted by Gasteiger charge is -2.34. The van der Waals surface area contributed by atoms with Gasteiger partial charge in [0.15, 0.2) is 0 Å². The summed E-state index contributed by atoms with van der Waals surface area (Å²) < 4.78 is 6.54. The quantitative estimate of drug-likeness (QED) is 0.0346. The number of esters is 1. The summed E-state index contributed by atoms with van der Waals surface area (Å²) in [5, 5.41) is 0. The molecule has 0 heterocycles. The van der Waals surface area contributed by atoms with Crippen LogP contribution in [0.25, 0.3) is 0 Å². The van der Waals surface area contributed by atoms with Gasteiger partial charge in [-0.1, -0.05) is 323 Å². The summed E-state index contributed by atoms with van der Waals surface area (Å²) in [7, 11) is 0. The smallest absolute Gasteiger partial charge is 0.333 e. The van der Waals surface area contributed by atoms with Crippen molar-refractivity contribution in [2.24, 2.45) is 0 Å². The molecule has 0 amide bonds. The maximum atomic E-state index is 13.2. The fourth-order valence-electron chi connectivity index (χ4n) is 9.97. The number of carbonyl (C=O) groups is 1. The normalized spacial score (nSPS) is 12.6. The minimum Gasteiger partial charge on any atom is -0.456 e. The largest absolute Gasteiger partial charge is 0.456 e.